The van der Waals surface area contributed by atoms with Gasteiger partial charge in [0.25, 0.3) is 5.91 Å². The van der Waals surface area contributed by atoms with Crippen LogP contribution in [0, 0.1) is 6.92 Å². The fourth-order valence-corrected chi connectivity index (χ4v) is 3.11. The number of halogens is 1. The predicted molar refractivity (Wildman–Crippen MR) is 99.9 cm³/mol. The molecule has 8 heteroatoms. The third-order valence-corrected chi connectivity index (χ3v) is 4.87. The minimum absolute atomic E-state index is 0.272. The number of nitrogens with zero attached hydrogens (tertiary/aromatic N) is 4. The quantitative estimate of drug-likeness (QED) is 0.585. The number of aryl methyl sites for hydroxylation is 1. The van der Waals surface area contributed by atoms with E-state index in [4.69, 9.17) is 4.52 Å². The van der Waals surface area contributed by atoms with E-state index in [1.165, 1.54) is 0 Å². The number of pyridine rings is 1. The minimum atomic E-state index is -0.897. The molecule has 7 nitrogen and oxygen atoms in total. The predicted octanol–water partition coefficient (Wildman–Crippen LogP) is 3.77. The van der Waals surface area contributed by atoms with Gasteiger partial charge in [0.2, 0.25) is 11.7 Å². The van der Waals surface area contributed by atoms with Crippen LogP contribution in [0.1, 0.15) is 34.3 Å². The molecular formula is C20H16FN5O2. The standard InChI is InChI=1S/C20H16FN5O2/c1-11-5-6-12(18-24-20(28-25-18)13-9-14(13)21)8-15(11)23-19(27)16-10-22-17-4-2-3-7-26(16)17/h2-8,10,13-14H,9H2,1H3,(H,23,27)/t13-,14-/m1/s1. The number of amides is 1. The molecule has 0 spiro atoms. The molecule has 1 amide bonds. The number of anilines is 1. The van der Waals surface area contributed by atoms with E-state index < -0.39 is 6.17 Å². The number of hydrogen-bond acceptors (Lipinski definition) is 5. The molecular weight excluding hydrogens is 361 g/mol. The van der Waals surface area contributed by atoms with E-state index in [1.807, 2.05) is 37.3 Å². The van der Waals surface area contributed by atoms with Crippen molar-refractivity contribution in [1.29, 1.82) is 0 Å². The molecule has 1 saturated carbocycles. The molecule has 0 saturated heterocycles. The Morgan fingerprint density at radius 2 is 2.18 bits per heavy atom. The summed E-state index contributed by atoms with van der Waals surface area (Å²) in [4.78, 5) is 21.3. The van der Waals surface area contributed by atoms with Gasteiger partial charge in [-0.3, -0.25) is 9.20 Å². The number of benzene rings is 1. The molecule has 5 rings (SSSR count). The van der Waals surface area contributed by atoms with E-state index in [-0.39, 0.29) is 11.8 Å². The largest absolute Gasteiger partial charge is 0.339 e. The molecule has 0 aliphatic heterocycles. The summed E-state index contributed by atoms with van der Waals surface area (Å²) in [5, 5.41) is 6.86. The van der Waals surface area contributed by atoms with Crippen LogP contribution in [0.15, 0.2) is 53.3 Å². The fourth-order valence-electron chi connectivity index (χ4n) is 3.11. The highest BCUT2D eigenvalue weighted by Gasteiger charge is 2.43. The molecule has 3 aromatic heterocycles. The van der Waals surface area contributed by atoms with Gasteiger partial charge < -0.3 is 9.84 Å². The second-order valence-corrected chi connectivity index (χ2v) is 6.87. The number of fused-ring (bicyclic) bond motifs is 1. The zero-order valence-corrected chi connectivity index (χ0v) is 15.0. The Kier molecular flexibility index (Phi) is 3.71. The molecule has 2 atom stereocenters. The third kappa shape index (κ3) is 2.83. The van der Waals surface area contributed by atoms with Crippen LogP contribution in [0.4, 0.5) is 10.1 Å². The zero-order chi connectivity index (χ0) is 19.3. The van der Waals surface area contributed by atoms with Crippen LogP contribution in [-0.2, 0) is 0 Å². The van der Waals surface area contributed by atoms with E-state index in [2.05, 4.69) is 20.4 Å². The lowest BCUT2D eigenvalue weighted by Gasteiger charge is -2.09. The van der Waals surface area contributed by atoms with Gasteiger partial charge in [0, 0.05) is 17.4 Å². The summed E-state index contributed by atoms with van der Waals surface area (Å²) in [6.45, 7) is 1.90. The van der Waals surface area contributed by atoms with E-state index in [0.717, 1.165) is 5.56 Å². The van der Waals surface area contributed by atoms with Gasteiger partial charge in [0.1, 0.15) is 17.5 Å². The Labute approximate surface area is 159 Å². The number of rotatable bonds is 4. The molecule has 3 heterocycles. The van der Waals surface area contributed by atoms with Crippen molar-refractivity contribution in [2.75, 3.05) is 5.32 Å². The van der Waals surface area contributed by atoms with Crippen LogP contribution in [0.25, 0.3) is 17.0 Å². The van der Waals surface area contributed by atoms with Gasteiger partial charge in [-0.1, -0.05) is 23.4 Å². The molecule has 1 aliphatic carbocycles. The van der Waals surface area contributed by atoms with E-state index in [1.54, 1.807) is 22.9 Å². The first-order valence-corrected chi connectivity index (χ1v) is 8.92. The summed E-state index contributed by atoms with van der Waals surface area (Å²) >= 11 is 0. The minimum Gasteiger partial charge on any atom is -0.339 e. The van der Waals surface area contributed by atoms with E-state index >= 15 is 0 Å². The fraction of sp³-hybridized carbons (Fsp3) is 0.200. The average molecular weight is 377 g/mol. The van der Waals surface area contributed by atoms with Gasteiger partial charge in [-0.25, -0.2) is 9.37 Å². The SMILES string of the molecule is Cc1ccc(-c2noc([C@@H]3C[C@H]3F)n2)cc1NC(=O)c1cnc2ccccn12. The number of nitrogens with one attached hydrogen (secondary N) is 1. The summed E-state index contributed by atoms with van der Waals surface area (Å²) in [5.41, 5.74) is 3.34. The van der Waals surface area contributed by atoms with Crippen LogP contribution >= 0.6 is 0 Å². The van der Waals surface area contributed by atoms with Gasteiger partial charge in [-0.15, -0.1) is 0 Å². The summed E-state index contributed by atoms with van der Waals surface area (Å²) in [7, 11) is 0. The molecule has 1 aliphatic rings. The second-order valence-electron chi connectivity index (χ2n) is 6.87. The molecule has 0 bridgehead atoms. The Hall–Kier alpha value is -3.55. The van der Waals surface area contributed by atoms with Crippen LogP contribution < -0.4 is 5.32 Å². The Bertz CT molecular complexity index is 1200. The lowest BCUT2D eigenvalue weighted by Crippen LogP contribution is -2.15. The molecule has 4 aromatic rings. The lowest BCUT2D eigenvalue weighted by molar-refractivity contribution is 0.102. The van der Waals surface area contributed by atoms with Gasteiger partial charge >= 0.3 is 0 Å². The first-order valence-electron chi connectivity index (χ1n) is 8.92. The number of aromatic nitrogens is 4. The molecule has 1 N–H and O–H groups in total. The van der Waals surface area contributed by atoms with Crippen LogP contribution in [-0.4, -0.2) is 31.6 Å². The molecule has 0 radical (unpaired) electrons. The van der Waals surface area contributed by atoms with Gasteiger partial charge in [-0.2, -0.15) is 4.98 Å². The van der Waals surface area contributed by atoms with Crippen molar-refractivity contribution in [3.05, 3.63) is 65.9 Å². The maximum Gasteiger partial charge on any atom is 0.274 e. The van der Waals surface area contributed by atoms with E-state index in [0.29, 0.717) is 40.7 Å². The highest BCUT2D eigenvalue weighted by Crippen LogP contribution is 2.43. The van der Waals surface area contributed by atoms with Crippen molar-refractivity contribution in [3.63, 3.8) is 0 Å². The number of imidazole rings is 1. The van der Waals surface area contributed by atoms with Gasteiger partial charge in [0.15, 0.2) is 0 Å². The first kappa shape index (κ1) is 16.6. The summed E-state index contributed by atoms with van der Waals surface area (Å²) in [6, 6.07) is 11.0. The maximum absolute atomic E-state index is 13.2. The van der Waals surface area contributed by atoms with Crippen molar-refractivity contribution in [2.24, 2.45) is 0 Å². The topological polar surface area (TPSA) is 85.3 Å². The average Bonchev–Trinajstić information content (AvgIpc) is 3.12. The Balaban J connectivity index is 1.43. The normalized spacial score (nSPS) is 18.4. The molecule has 1 aromatic carbocycles. The highest BCUT2D eigenvalue weighted by molar-refractivity contribution is 6.04. The van der Waals surface area contributed by atoms with Gasteiger partial charge in [0.05, 0.1) is 12.1 Å². The highest BCUT2D eigenvalue weighted by atomic mass is 19.1. The molecule has 1 fully saturated rings. The molecule has 0 unspecified atom stereocenters. The van der Waals surface area contributed by atoms with Crippen LogP contribution in [0.3, 0.4) is 0 Å². The van der Waals surface area contributed by atoms with Crippen molar-refractivity contribution < 1.29 is 13.7 Å². The van der Waals surface area contributed by atoms with Crippen molar-refractivity contribution in [2.45, 2.75) is 25.4 Å². The second kappa shape index (κ2) is 6.26. The van der Waals surface area contributed by atoms with Gasteiger partial charge in [-0.05, 0) is 37.1 Å². The molecule has 28 heavy (non-hydrogen) atoms. The van der Waals surface area contributed by atoms with Crippen molar-refractivity contribution in [1.82, 2.24) is 19.5 Å². The first-order chi connectivity index (χ1) is 13.6. The molecule has 140 valence electrons. The Morgan fingerprint density at radius 3 is 3.00 bits per heavy atom. The lowest BCUT2D eigenvalue weighted by atomic mass is 10.1. The van der Waals surface area contributed by atoms with Crippen LogP contribution in [0.2, 0.25) is 0 Å². The van der Waals surface area contributed by atoms with Crippen molar-refractivity contribution in [3.8, 4) is 11.4 Å². The van der Waals surface area contributed by atoms with Crippen LogP contribution in [0.5, 0.6) is 0 Å². The summed E-state index contributed by atoms with van der Waals surface area (Å²) in [6.07, 6.45) is 2.86. The number of carbonyl (C=O) groups is 1. The van der Waals surface area contributed by atoms with E-state index in [9.17, 15) is 9.18 Å². The van der Waals surface area contributed by atoms with Crippen molar-refractivity contribution >= 4 is 17.2 Å². The summed E-state index contributed by atoms with van der Waals surface area (Å²) < 4.78 is 20.1. The summed E-state index contributed by atoms with van der Waals surface area (Å²) in [5.74, 6) is 0.130. The zero-order valence-electron chi connectivity index (χ0n) is 15.0. The number of alkyl halides is 1. The maximum atomic E-state index is 13.2. The monoisotopic (exact) mass is 377 g/mol. The third-order valence-electron chi connectivity index (χ3n) is 4.87. The number of carbonyl (C=O) groups excluding carboxylic acids is 1. The Morgan fingerprint density at radius 1 is 1.32 bits per heavy atom. The smallest absolute Gasteiger partial charge is 0.274 e. The number of hydrogen-bond donors (Lipinski definition) is 1.